The van der Waals surface area contributed by atoms with Crippen molar-refractivity contribution in [2.45, 2.75) is 52.5 Å². The predicted molar refractivity (Wildman–Crippen MR) is 133 cm³/mol. The lowest BCUT2D eigenvalue weighted by molar-refractivity contribution is -0.140. The fourth-order valence-electron chi connectivity index (χ4n) is 4.38. The summed E-state index contributed by atoms with van der Waals surface area (Å²) in [4.78, 5) is 30.2. The summed E-state index contributed by atoms with van der Waals surface area (Å²) in [6, 6.07) is 16.4. The van der Waals surface area contributed by atoms with Crippen LogP contribution in [0.1, 0.15) is 63.8 Å². The number of hydrogen-bond acceptors (Lipinski definition) is 4. The molecule has 1 fully saturated rings. The number of nitrogens with zero attached hydrogens (tertiary/aromatic N) is 2. The fourth-order valence-corrected chi connectivity index (χ4v) is 4.38. The number of amides is 1. The van der Waals surface area contributed by atoms with Gasteiger partial charge in [-0.15, -0.1) is 0 Å². The fraction of sp³-hybridized carbons (Fsp3) is 0.429. The van der Waals surface area contributed by atoms with E-state index in [4.69, 9.17) is 0 Å². The van der Waals surface area contributed by atoms with Crippen LogP contribution in [-0.4, -0.2) is 52.8 Å². The monoisotopic (exact) mass is 448 g/mol. The summed E-state index contributed by atoms with van der Waals surface area (Å²) in [6.45, 7) is 13.9. The molecule has 2 aromatic carbocycles. The van der Waals surface area contributed by atoms with E-state index in [1.54, 1.807) is 17.0 Å². The molecule has 0 radical (unpaired) electrons. The molecule has 0 unspecified atom stereocenters. The summed E-state index contributed by atoms with van der Waals surface area (Å²) < 4.78 is 0. The minimum atomic E-state index is -0.621. The Balaban J connectivity index is 2.03. The predicted octanol–water partition coefficient (Wildman–Crippen LogP) is 5.14. The summed E-state index contributed by atoms with van der Waals surface area (Å²) in [5.41, 5.74) is 2.71. The molecule has 0 aromatic heterocycles. The smallest absolute Gasteiger partial charge is 0.295 e. The van der Waals surface area contributed by atoms with E-state index in [0.29, 0.717) is 12.1 Å². The maximum Gasteiger partial charge on any atom is 0.295 e. The van der Waals surface area contributed by atoms with Crippen molar-refractivity contribution in [1.82, 2.24) is 9.80 Å². The van der Waals surface area contributed by atoms with Crippen LogP contribution in [0.3, 0.4) is 0 Å². The second-order valence-corrected chi connectivity index (χ2v) is 9.61. The Morgan fingerprint density at radius 2 is 1.58 bits per heavy atom. The molecule has 33 heavy (non-hydrogen) atoms. The highest BCUT2D eigenvalue weighted by atomic mass is 16.3. The number of carbonyl (C=O) groups excluding carboxylic acids is 2. The van der Waals surface area contributed by atoms with E-state index in [9.17, 15) is 14.7 Å². The zero-order valence-corrected chi connectivity index (χ0v) is 20.5. The van der Waals surface area contributed by atoms with Gasteiger partial charge in [0, 0.05) is 12.1 Å². The van der Waals surface area contributed by atoms with Gasteiger partial charge in [-0.05, 0) is 42.6 Å². The Morgan fingerprint density at radius 1 is 0.970 bits per heavy atom. The van der Waals surface area contributed by atoms with Crippen LogP contribution in [0.25, 0.3) is 5.76 Å². The maximum atomic E-state index is 13.1. The number of aliphatic hydroxyl groups is 1. The zero-order valence-electron chi connectivity index (χ0n) is 20.5. The first-order valence-corrected chi connectivity index (χ1v) is 11.9. The number of carbonyl (C=O) groups is 2. The van der Waals surface area contributed by atoms with E-state index in [1.807, 2.05) is 42.5 Å². The third kappa shape index (κ3) is 5.36. The number of Topliss-reactive ketones (excluding diaryl/α,β-unsaturated/α-hetero) is 1. The number of ketones is 1. The minimum absolute atomic E-state index is 0.00581. The van der Waals surface area contributed by atoms with Gasteiger partial charge in [0.1, 0.15) is 5.76 Å². The first kappa shape index (κ1) is 24.7. The molecule has 1 saturated heterocycles. The molecule has 0 spiro atoms. The molecule has 176 valence electrons. The van der Waals surface area contributed by atoms with Crippen LogP contribution in [0.15, 0.2) is 60.2 Å². The van der Waals surface area contributed by atoms with E-state index in [2.05, 4.69) is 39.5 Å². The highest BCUT2D eigenvalue weighted by Gasteiger charge is 2.45. The van der Waals surface area contributed by atoms with Gasteiger partial charge in [-0.2, -0.15) is 0 Å². The van der Waals surface area contributed by atoms with Crippen molar-refractivity contribution in [3.05, 3.63) is 76.9 Å². The molecule has 0 aliphatic carbocycles. The highest BCUT2D eigenvalue weighted by Crippen LogP contribution is 2.40. The average molecular weight is 449 g/mol. The molecule has 0 bridgehead atoms. The van der Waals surface area contributed by atoms with Crippen LogP contribution in [0.4, 0.5) is 0 Å². The molecule has 1 amide bonds. The van der Waals surface area contributed by atoms with Crippen molar-refractivity contribution in [2.24, 2.45) is 0 Å². The van der Waals surface area contributed by atoms with Crippen molar-refractivity contribution < 1.29 is 14.7 Å². The Morgan fingerprint density at radius 3 is 2.12 bits per heavy atom. The largest absolute Gasteiger partial charge is 0.507 e. The van der Waals surface area contributed by atoms with Crippen molar-refractivity contribution >= 4 is 17.4 Å². The standard InChI is InChI=1S/C28H36N2O3/c1-6-29(7-2)18-11-19-30-24(20-14-16-22(17-15-20)28(3,4)5)23(26(32)27(30)33)25(31)21-12-9-8-10-13-21/h8-10,12-17,24,31H,6-7,11,18-19H2,1-5H3/b25-23+/t24-/m1/s1. The van der Waals surface area contributed by atoms with Crippen LogP contribution in [0, 0.1) is 0 Å². The molecule has 3 rings (SSSR count). The van der Waals surface area contributed by atoms with Crippen LogP contribution >= 0.6 is 0 Å². The van der Waals surface area contributed by atoms with Crippen LogP contribution in [0.2, 0.25) is 0 Å². The van der Waals surface area contributed by atoms with Crippen LogP contribution in [0.5, 0.6) is 0 Å². The molecular weight excluding hydrogens is 412 g/mol. The number of likely N-dealkylation sites (tertiary alicyclic amines) is 1. The maximum absolute atomic E-state index is 13.1. The van der Waals surface area contributed by atoms with Gasteiger partial charge < -0.3 is 14.9 Å². The van der Waals surface area contributed by atoms with Crippen LogP contribution < -0.4 is 0 Å². The molecular formula is C28H36N2O3. The molecule has 1 aliphatic heterocycles. The highest BCUT2D eigenvalue weighted by molar-refractivity contribution is 6.46. The van der Waals surface area contributed by atoms with Gasteiger partial charge in [0.25, 0.3) is 11.7 Å². The Hall–Kier alpha value is -2.92. The first-order chi connectivity index (χ1) is 15.7. The quantitative estimate of drug-likeness (QED) is 0.345. The summed E-state index contributed by atoms with van der Waals surface area (Å²) in [5.74, 6) is -1.29. The van der Waals surface area contributed by atoms with Crippen molar-refractivity contribution in [2.75, 3.05) is 26.2 Å². The molecule has 1 N–H and O–H groups in total. The lowest BCUT2D eigenvalue weighted by atomic mass is 9.85. The molecule has 0 saturated carbocycles. The molecule has 5 heteroatoms. The minimum Gasteiger partial charge on any atom is -0.507 e. The van der Waals surface area contributed by atoms with E-state index >= 15 is 0 Å². The Bertz CT molecular complexity index is 1000. The number of benzene rings is 2. The summed E-state index contributed by atoms with van der Waals surface area (Å²) in [6.07, 6.45) is 0.761. The van der Waals surface area contributed by atoms with Gasteiger partial charge in [0.2, 0.25) is 0 Å². The molecule has 5 nitrogen and oxygen atoms in total. The molecule has 1 heterocycles. The first-order valence-electron chi connectivity index (χ1n) is 11.9. The summed E-state index contributed by atoms with van der Waals surface area (Å²) >= 11 is 0. The van der Waals surface area contributed by atoms with Gasteiger partial charge in [-0.25, -0.2) is 0 Å². The number of hydrogen-bond donors (Lipinski definition) is 1. The third-order valence-corrected chi connectivity index (χ3v) is 6.45. The van der Waals surface area contributed by atoms with Gasteiger partial charge >= 0.3 is 0 Å². The topological polar surface area (TPSA) is 60.9 Å². The van der Waals surface area contributed by atoms with Gasteiger partial charge in [-0.3, -0.25) is 9.59 Å². The van der Waals surface area contributed by atoms with Crippen molar-refractivity contribution in [1.29, 1.82) is 0 Å². The lowest BCUT2D eigenvalue weighted by Gasteiger charge is -2.27. The molecule has 1 atom stereocenters. The Kier molecular flexibility index (Phi) is 7.75. The third-order valence-electron chi connectivity index (χ3n) is 6.45. The van der Waals surface area contributed by atoms with E-state index in [0.717, 1.165) is 31.6 Å². The normalized spacial score (nSPS) is 18.4. The SMILES string of the molecule is CCN(CC)CCCN1C(=O)C(=O)/C(=C(/O)c2ccccc2)[C@H]1c1ccc(C(C)(C)C)cc1. The van der Waals surface area contributed by atoms with Gasteiger partial charge in [0.15, 0.2) is 0 Å². The second-order valence-electron chi connectivity index (χ2n) is 9.61. The van der Waals surface area contributed by atoms with Gasteiger partial charge in [0.05, 0.1) is 11.6 Å². The second kappa shape index (κ2) is 10.3. The lowest BCUT2D eigenvalue weighted by Crippen LogP contribution is -2.33. The summed E-state index contributed by atoms with van der Waals surface area (Å²) in [7, 11) is 0. The average Bonchev–Trinajstić information content (AvgIpc) is 3.06. The zero-order chi connectivity index (χ0) is 24.2. The van der Waals surface area contributed by atoms with Gasteiger partial charge in [-0.1, -0.05) is 89.2 Å². The number of aliphatic hydroxyl groups excluding tert-OH is 1. The molecule has 1 aliphatic rings. The van der Waals surface area contributed by atoms with E-state index < -0.39 is 17.7 Å². The van der Waals surface area contributed by atoms with E-state index in [1.165, 1.54) is 5.56 Å². The van der Waals surface area contributed by atoms with Crippen molar-refractivity contribution in [3.8, 4) is 0 Å². The summed E-state index contributed by atoms with van der Waals surface area (Å²) in [5, 5.41) is 11.1. The molecule has 2 aromatic rings. The van der Waals surface area contributed by atoms with E-state index in [-0.39, 0.29) is 16.7 Å². The Labute approximate surface area is 197 Å². The van der Waals surface area contributed by atoms with Crippen molar-refractivity contribution in [3.63, 3.8) is 0 Å². The van der Waals surface area contributed by atoms with Crippen LogP contribution in [-0.2, 0) is 15.0 Å². The number of rotatable bonds is 8.